The number of rotatable bonds is 11. The van der Waals surface area contributed by atoms with Crippen LogP contribution in [0.15, 0.2) is 77.7 Å². The van der Waals surface area contributed by atoms with Crippen LogP contribution >= 0.6 is 11.6 Å². The van der Waals surface area contributed by atoms with Crippen LogP contribution in [0.5, 0.6) is 0 Å². The molecule has 39 heavy (non-hydrogen) atoms. The molecule has 208 valence electrons. The van der Waals surface area contributed by atoms with E-state index in [0.717, 1.165) is 27.4 Å². The van der Waals surface area contributed by atoms with E-state index in [2.05, 4.69) is 5.32 Å². The number of carbonyl (C=O) groups is 2. The number of aryl methyl sites for hydroxylation is 2. The largest absolute Gasteiger partial charge is 0.352 e. The Labute approximate surface area is 236 Å². The summed E-state index contributed by atoms with van der Waals surface area (Å²) in [6.45, 7) is 8.95. The van der Waals surface area contributed by atoms with Crippen LogP contribution < -0.4 is 9.62 Å². The minimum absolute atomic E-state index is 0.0499. The predicted molar refractivity (Wildman–Crippen MR) is 156 cm³/mol. The molecule has 3 aromatic carbocycles. The summed E-state index contributed by atoms with van der Waals surface area (Å²) in [4.78, 5) is 28.6. The fourth-order valence-electron chi connectivity index (χ4n) is 4.02. The molecule has 0 unspecified atom stereocenters. The molecule has 2 atom stereocenters. The molecule has 1 N–H and O–H groups in total. The molecule has 0 aromatic heterocycles. The third-order valence-corrected chi connectivity index (χ3v) is 8.78. The second-order valence-corrected chi connectivity index (χ2v) is 12.0. The van der Waals surface area contributed by atoms with E-state index in [1.807, 2.05) is 52.0 Å². The summed E-state index contributed by atoms with van der Waals surface area (Å²) in [5.41, 5.74) is 2.99. The summed E-state index contributed by atoms with van der Waals surface area (Å²) >= 11 is 6.21. The maximum atomic E-state index is 14.0. The van der Waals surface area contributed by atoms with Crippen molar-refractivity contribution < 1.29 is 18.0 Å². The molecular formula is C30H36ClN3O4S. The van der Waals surface area contributed by atoms with Gasteiger partial charge in [0, 0.05) is 17.6 Å². The fraction of sp³-hybridized carbons (Fsp3) is 0.333. The Balaban J connectivity index is 2.04. The van der Waals surface area contributed by atoms with Crippen molar-refractivity contribution in [2.45, 2.75) is 64.6 Å². The Morgan fingerprint density at radius 3 is 2.23 bits per heavy atom. The van der Waals surface area contributed by atoms with Gasteiger partial charge >= 0.3 is 0 Å². The van der Waals surface area contributed by atoms with Crippen molar-refractivity contribution in [3.05, 3.63) is 94.5 Å². The maximum Gasteiger partial charge on any atom is 0.264 e. The summed E-state index contributed by atoms with van der Waals surface area (Å²) in [7, 11) is -4.14. The minimum Gasteiger partial charge on any atom is -0.352 e. The summed E-state index contributed by atoms with van der Waals surface area (Å²) in [6.07, 6.45) is 0.738. The van der Waals surface area contributed by atoms with Crippen molar-refractivity contribution in [3.8, 4) is 0 Å². The highest BCUT2D eigenvalue weighted by Gasteiger charge is 2.33. The monoisotopic (exact) mass is 569 g/mol. The van der Waals surface area contributed by atoms with E-state index in [-0.39, 0.29) is 29.1 Å². The highest BCUT2D eigenvalue weighted by atomic mass is 35.5. The molecule has 2 amide bonds. The summed E-state index contributed by atoms with van der Waals surface area (Å²) in [5, 5.41) is 3.27. The zero-order valence-corrected chi connectivity index (χ0v) is 24.6. The molecule has 0 radical (unpaired) electrons. The fourth-order valence-corrected chi connectivity index (χ4v) is 5.61. The zero-order valence-electron chi connectivity index (χ0n) is 23.0. The van der Waals surface area contributed by atoms with E-state index >= 15 is 0 Å². The number of hydrogen-bond donors (Lipinski definition) is 1. The first-order valence-electron chi connectivity index (χ1n) is 12.9. The number of benzene rings is 3. The van der Waals surface area contributed by atoms with Gasteiger partial charge < -0.3 is 10.2 Å². The van der Waals surface area contributed by atoms with Gasteiger partial charge in [-0.3, -0.25) is 13.9 Å². The van der Waals surface area contributed by atoms with Gasteiger partial charge in [0.05, 0.1) is 10.6 Å². The Hall–Kier alpha value is -3.36. The molecule has 0 saturated heterocycles. The van der Waals surface area contributed by atoms with Gasteiger partial charge in [-0.1, -0.05) is 66.6 Å². The number of nitrogens with one attached hydrogen (secondary N) is 1. The van der Waals surface area contributed by atoms with Crippen molar-refractivity contribution in [3.63, 3.8) is 0 Å². The lowest BCUT2D eigenvalue weighted by Gasteiger charge is -2.32. The lowest BCUT2D eigenvalue weighted by Crippen LogP contribution is -2.52. The van der Waals surface area contributed by atoms with Crippen molar-refractivity contribution >= 4 is 39.1 Å². The van der Waals surface area contributed by atoms with Crippen LogP contribution in [0.4, 0.5) is 5.69 Å². The number of anilines is 1. The van der Waals surface area contributed by atoms with Crippen LogP contribution in [0, 0.1) is 13.8 Å². The van der Waals surface area contributed by atoms with Crippen LogP contribution in [0.3, 0.4) is 0 Å². The quantitative estimate of drug-likeness (QED) is 0.331. The third kappa shape index (κ3) is 7.61. The van der Waals surface area contributed by atoms with Crippen LogP contribution in [-0.4, -0.2) is 43.8 Å². The van der Waals surface area contributed by atoms with Gasteiger partial charge in [0.1, 0.15) is 12.6 Å². The number of sulfonamides is 1. The van der Waals surface area contributed by atoms with E-state index in [4.69, 9.17) is 11.6 Å². The Kier molecular flexibility index (Phi) is 10.2. The average Bonchev–Trinajstić information content (AvgIpc) is 2.90. The van der Waals surface area contributed by atoms with Gasteiger partial charge in [-0.25, -0.2) is 8.42 Å². The van der Waals surface area contributed by atoms with Gasteiger partial charge in [-0.2, -0.15) is 0 Å². The Bertz CT molecular complexity index is 1410. The second kappa shape index (κ2) is 13.1. The van der Waals surface area contributed by atoms with Crippen molar-refractivity contribution in [2.24, 2.45) is 0 Å². The number of hydrogen-bond acceptors (Lipinski definition) is 4. The van der Waals surface area contributed by atoms with E-state index in [1.165, 1.54) is 23.1 Å². The molecule has 0 aliphatic rings. The van der Waals surface area contributed by atoms with E-state index in [9.17, 15) is 18.0 Å². The summed E-state index contributed by atoms with van der Waals surface area (Å²) in [5.74, 6) is -0.817. The van der Waals surface area contributed by atoms with Gasteiger partial charge in [0.2, 0.25) is 11.8 Å². The molecule has 0 aliphatic carbocycles. The van der Waals surface area contributed by atoms with Gasteiger partial charge in [-0.05, 0) is 75.6 Å². The first-order valence-corrected chi connectivity index (χ1v) is 14.7. The van der Waals surface area contributed by atoms with Crippen molar-refractivity contribution in [1.82, 2.24) is 10.2 Å². The highest BCUT2D eigenvalue weighted by molar-refractivity contribution is 7.92. The molecule has 7 nitrogen and oxygen atoms in total. The molecular weight excluding hydrogens is 534 g/mol. The highest BCUT2D eigenvalue weighted by Crippen LogP contribution is 2.27. The Morgan fingerprint density at radius 2 is 1.62 bits per heavy atom. The smallest absolute Gasteiger partial charge is 0.264 e. The molecule has 0 spiro atoms. The van der Waals surface area contributed by atoms with E-state index in [1.54, 1.807) is 37.3 Å². The van der Waals surface area contributed by atoms with Gasteiger partial charge in [0.15, 0.2) is 0 Å². The van der Waals surface area contributed by atoms with Crippen LogP contribution in [0.1, 0.15) is 43.9 Å². The van der Waals surface area contributed by atoms with E-state index in [0.29, 0.717) is 5.02 Å². The molecule has 0 heterocycles. The molecule has 3 aromatic rings. The summed E-state index contributed by atoms with van der Waals surface area (Å²) in [6, 6.07) is 19.5. The third-order valence-electron chi connectivity index (χ3n) is 6.75. The minimum atomic E-state index is -4.14. The first-order chi connectivity index (χ1) is 18.4. The standard InChI is InChI=1S/C30H36ClN3O4S/c1-6-23(4)32-30(36)24(5)33(19-25-11-8-7-10-22(25)3)29(35)20-34(27-13-9-12-26(31)18-27)39(37,38)28-16-14-21(2)15-17-28/h7-18,23-24H,6,19-20H2,1-5H3,(H,32,36)/t23-,24-/m0/s1. The molecule has 0 aliphatic heterocycles. The molecule has 0 saturated carbocycles. The predicted octanol–water partition coefficient (Wildman–Crippen LogP) is 5.48. The molecule has 3 rings (SSSR count). The average molecular weight is 570 g/mol. The van der Waals surface area contributed by atoms with Crippen molar-refractivity contribution in [1.29, 1.82) is 0 Å². The second-order valence-electron chi connectivity index (χ2n) is 9.75. The van der Waals surface area contributed by atoms with Crippen LogP contribution in [0.2, 0.25) is 5.02 Å². The van der Waals surface area contributed by atoms with Gasteiger partial charge in [-0.15, -0.1) is 0 Å². The number of carbonyl (C=O) groups excluding carboxylic acids is 2. The molecule has 0 fully saturated rings. The topological polar surface area (TPSA) is 86.8 Å². The lowest BCUT2D eigenvalue weighted by molar-refractivity contribution is -0.139. The van der Waals surface area contributed by atoms with Crippen LogP contribution in [0.25, 0.3) is 0 Å². The summed E-state index contributed by atoms with van der Waals surface area (Å²) < 4.78 is 28.7. The molecule has 0 bridgehead atoms. The molecule has 9 heteroatoms. The number of amides is 2. The van der Waals surface area contributed by atoms with E-state index < -0.39 is 28.5 Å². The van der Waals surface area contributed by atoms with Crippen molar-refractivity contribution in [2.75, 3.05) is 10.8 Å². The lowest BCUT2D eigenvalue weighted by atomic mass is 10.1. The first kappa shape index (κ1) is 30.2. The number of nitrogens with zero attached hydrogens (tertiary/aromatic N) is 2. The number of halogens is 1. The Morgan fingerprint density at radius 1 is 0.949 bits per heavy atom. The maximum absolute atomic E-state index is 14.0. The van der Waals surface area contributed by atoms with Gasteiger partial charge in [0.25, 0.3) is 10.0 Å². The normalized spacial score (nSPS) is 12.9. The SMILES string of the molecule is CC[C@H](C)NC(=O)[C@H](C)N(Cc1ccccc1C)C(=O)CN(c1cccc(Cl)c1)S(=O)(=O)c1ccc(C)cc1. The van der Waals surface area contributed by atoms with Crippen LogP contribution in [-0.2, 0) is 26.2 Å². The zero-order chi connectivity index (χ0) is 28.7.